The Kier molecular flexibility index (Phi) is 9.65. The first kappa shape index (κ1) is 23.9. The first-order valence-corrected chi connectivity index (χ1v) is 11.5. The number of hydrogen-bond acceptors (Lipinski definition) is 6. The number of benzene rings is 1. The van der Waals surface area contributed by atoms with Crippen LogP contribution in [-0.4, -0.2) is 41.4 Å². The van der Waals surface area contributed by atoms with Crippen LogP contribution in [0.5, 0.6) is 5.75 Å². The van der Waals surface area contributed by atoms with E-state index in [1.807, 2.05) is 47.2 Å². The third-order valence-electron chi connectivity index (χ3n) is 4.51. The summed E-state index contributed by atoms with van der Waals surface area (Å²) in [5.74, 6) is 0.733. The van der Waals surface area contributed by atoms with Gasteiger partial charge in [0.05, 0.1) is 17.2 Å². The molecule has 3 rings (SSSR count). The quantitative estimate of drug-likeness (QED) is 0.268. The lowest BCUT2D eigenvalue weighted by molar-refractivity contribution is -0.113. The van der Waals surface area contributed by atoms with E-state index < -0.39 is 0 Å². The molecule has 1 saturated heterocycles. The van der Waals surface area contributed by atoms with Gasteiger partial charge in [0.1, 0.15) is 5.75 Å². The van der Waals surface area contributed by atoms with Crippen LogP contribution in [0, 0.1) is 0 Å². The topological polar surface area (TPSA) is 32.8 Å². The number of ether oxygens (including phenoxy) is 1. The van der Waals surface area contributed by atoms with Gasteiger partial charge in [-0.3, -0.25) is 9.69 Å². The molecule has 0 unspecified atom stereocenters. The lowest BCUT2D eigenvalue weighted by atomic mass is 10.2. The molecule has 0 saturated carbocycles. The van der Waals surface area contributed by atoms with Crippen LogP contribution in [0.2, 0.25) is 0 Å². The first-order valence-electron chi connectivity index (χ1n) is 9.37. The summed E-state index contributed by atoms with van der Waals surface area (Å²) in [6.07, 6.45) is 2.88. The van der Waals surface area contributed by atoms with Gasteiger partial charge >= 0.3 is 0 Å². The molecule has 1 fully saturated rings. The molecule has 1 amide bonds. The second-order valence-corrected chi connectivity index (χ2v) is 8.75. The van der Waals surface area contributed by atoms with E-state index in [0.29, 0.717) is 15.8 Å². The van der Waals surface area contributed by atoms with Crippen molar-refractivity contribution in [3.05, 3.63) is 51.6 Å². The predicted molar refractivity (Wildman–Crippen MR) is 132 cm³/mol. The van der Waals surface area contributed by atoms with Gasteiger partial charge in [0.25, 0.3) is 5.91 Å². The molecule has 29 heavy (non-hydrogen) atoms. The van der Waals surface area contributed by atoms with Crippen LogP contribution < -0.4 is 9.64 Å². The van der Waals surface area contributed by atoms with Gasteiger partial charge in [-0.15, -0.1) is 12.4 Å². The number of thiophene rings is 1. The van der Waals surface area contributed by atoms with Gasteiger partial charge in [-0.25, -0.2) is 0 Å². The minimum Gasteiger partial charge on any atom is -0.494 e. The number of carbonyl (C=O) groups is 1. The molecule has 1 aromatic carbocycles. The maximum absolute atomic E-state index is 12.8. The van der Waals surface area contributed by atoms with Gasteiger partial charge in [-0.1, -0.05) is 37.8 Å². The SMILES string of the molecule is CCN(CC)CCCOc1ccc(N2C(=O)/C(=C/c3ccsc3)SC2=S)cc1.Cl. The average Bonchev–Trinajstić information content (AvgIpc) is 3.31. The smallest absolute Gasteiger partial charge is 0.270 e. The zero-order valence-corrected chi connectivity index (χ0v) is 19.8. The summed E-state index contributed by atoms with van der Waals surface area (Å²) in [7, 11) is 0. The Morgan fingerprint density at radius 2 is 1.90 bits per heavy atom. The Hall–Kier alpha value is -1.38. The summed E-state index contributed by atoms with van der Waals surface area (Å²) in [6, 6.07) is 9.56. The van der Waals surface area contributed by atoms with Crippen LogP contribution in [0.1, 0.15) is 25.8 Å². The highest BCUT2D eigenvalue weighted by atomic mass is 35.5. The average molecular weight is 469 g/mol. The lowest BCUT2D eigenvalue weighted by Crippen LogP contribution is -2.27. The standard InChI is InChI=1S/C21H24N2O2S3.ClH/c1-3-22(4-2)11-5-12-25-18-8-6-17(7-9-18)23-20(24)19(28-21(23)26)14-16-10-13-27-15-16;/h6-10,13-15H,3-5,11-12H2,1-2H3;1H/b19-14-;. The number of thioether (sulfide) groups is 1. The molecule has 8 heteroatoms. The largest absolute Gasteiger partial charge is 0.494 e. The van der Waals surface area contributed by atoms with Gasteiger partial charge < -0.3 is 9.64 Å². The summed E-state index contributed by atoms with van der Waals surface area (Å²) in [4.78, 5) is 17.4. The van der Waals surface area contributed by atoms with Crippen molar-refractivity contribution in [1.82, 2.24) is 4.90 Å². The molecular weight excluding hydrogens is 444 g/mol. The third kappa shape index (κ3) is 6.30. The lowest BCUT2D eigenvalue weighted by Gasteiger charge is -2.18. The fraction of sp³-hybridized carbons (Fsp3) is 0.333. The van der Waals surface area contributed by atoms with E-state index in [4.69, 9.17) is 17.0 Å². The van der Waals surface area contributed by atoms with E-state index in [1.54, 1.807) is 16.2 Å². The number of anilines is 1. The van der Waals surface area contributed by atoms with Gasteiger partial charge in [0.15, 0.2) is 4.32 Å². The summed E-state index contributed by atoms with van der Waals surface area (Å²) in [5, 5.41) is 4.01. The Morgan fingerprint density at radius 3 is 2.52 bits per heavy atom. The summed E-state index contributed by atoms with van der Waals surface area (Å²) >= 11 is 8.38. The number of amides is 1. The van der Waals surface area contributed by atoms with E-state index in [1.165, 1.54) is 11.8 Å². The van der Waals surface area contributed by atoms with Crippen molar-refractivity contribution in [3.8, 4) is 5.75 Å². The maximum atomic E-state index is 12.8. The number of halogens is 1. The van der Waals surface area contributed by atoms with Gasteiger partial charge in [-0.2, -0.15) is 11.3 Å². The molecule has 0 atom stereocenters. The number of carbonyl (C=O) groups excluding carboxylic acids is 1. The molecule has 1 aliphatic rings. The van der Waals surface area contributed by atoms with Crippen LogP contribution in [0.4, 0.5) is 5.69 Å². The van der Waals surface area contributed by atoms with Crippen molar-refractivity contribution in [2.45, 2.75) is 20.3 Å². The molecular formula is C21H25ClN2O2S3. The van der Waals surface area contributed by atoms with Gasteiger partial charge in [-0.05, 0) is 72.2 Å². The van der Waals surface area contributed by atoms with Crippen LogP contribution in [-0.2, 0) is 4.79 Å². The number of thiocarbonyl (C=S) groups is 1. The van der Waals surface area contributed by atoms with Gasteiger partial charge in [0, 0.05) is 6.54 Å². The van der Waals surface area contributed by atoms with Crippen molar-refractivity contribution >= 4 is 69.7 Å². The van der Waals surface area contributed by atoms with E-state index in [9.17, 15) is 4.79 Å². The Labute approximate surface area is 192 Å². The molecule has 4 nitrogen and oxygen atoms in total. The zero-order chi connectivity index (χ0) is 19.9. The highest BCUT2D eigenvalue weighted by molar-refractivity contribution is 8.27. The van der Waals surface area contributed by atoms with E-state index in [-0.39, 0.29) is 18.3 Å². The molecule has 156 valence electrons. The van der Waals surface area contributed by atoms with Crippen LogP contribution in [0.3, 0.4) is 0 Å². The van der Waals surface area contributed by atoms with Gasteiger partial charge in [0.2, 0.25) is 0 Å². The normalized spacial score (nSPS) is 15.3. The fourth-order valence-electron chi connectivity index (χ4n) is 2.91. The van der Waals surface area contributed by atoms with Crippen LogP contribution in [0.25, 0.3) is 6.08 Å². The molecule has 1 aromatic heterocycles. The molecule has 0 N–H and O–H groups in total. The highest BCUT2D eigenvalue weighted by Crippen LogP contribution is 2.36. The first-order chi connectivity index (χ1) is 13.6. The minimum atomic E-state index is -0.0749. The Morgan fingerprint density at radius 1 is 1.17 bits per heavy atom. The molecule has 2 heterocycles. The van der Waals surface area contributed by atoms with E-state index in [0.717, 1.165) is 43.1 Å². The summed E-state index contributed by atoms with van der Waals surface area (Å²) < 4.78 is 6.38. The summed E-state index contributed by atoms with van der Waals surface area (Å²) in [5.41, 5.74) is 1.80. The van der Waals surface area contributed by atoms with E-state index in [2.05, 4.69) is 18.7 Å². The number of hydrogen-bond donors (Lipinski definition) is 0. The van der Waals surface area contributed by atoms with Crippen LogP contribution >= 0.6 is 47.7 Å². The van der Waals surface area contributed by atoms with Crippen molar-refractivity contribution in [1.29, 1.82) is 0 Å². The molecule has 1 aliphatic heterocycles. The third-order valence-corrected chi connectivity index (χ3v) is 6.52. The zero-order valence-electron chi connectivity index (χ0n) is 16.5. The summed E-state index contributed by atoms with van der Waals surface area (Å²) in [6.45, 7) is 8.20. The molecule has 0 spiro atoms. The predicted octanol–water partition coefficient (Wildman–Crippen LogP) is 5.69. The molecule has 0 radical (unpaired) electrons. The molecule has 2 aromatic rings. The Bertz CT molecular complexity index is 834. The minimum absolute atomic E-state index is 0. The van der Waals surface area contributed by atoms with E-state index >= 15 is 0 Å². The number of nitrogens with zero attached hydrogens (tertiary/aromatic N) is 2. The van der Waals surface area contributed by atoms with Crippen molar-refractivity contribution in [2.75, 3.05) is 31.1 Å². The second kappa shape index (κ2) is 11.7. The van der Waals surface area contributed by atoms with Crippen molar-refractivity contribution in [2.24, 2.45) is 0 Å². The van der Waals surface area contributed by atoms with Crippen molar-refractivity contribution < 1.29 is 9.53 Å². The highest BCUT2D eigenvalue weighted by Gasteiger charge is 2.33. The van der Waals surface area contributed by atoms with Crippen molar-refractivity contribution in [3.63, 3.8) is 0 Å². The fourth-order valence-corrected chi connectivity index (χ4v) is 4.83. The van der Waals surface area contributed by atoms with Crippen LogP contribution in [0.15, 0.2) is 46.0 Å². The number of rotatable bonds is 9. The Balaban J connectivity index is 0.00000300. The molecule has 0 bridgehead atoms. The second-order valence-electron chi connectivity index (χ2n) is 6.30. The maximum Gasteiger partial charge on any atom is 0.270 e. The monoisotopic (exact) mass is 468 g/mol. The molecule has 0 aliphatic carbocycles.